The highest BCUT2D eigenvalue weighted by atomic mass is 32.2. The van der Waals surface area contributed by atoms with E-state index in [0.29, 0.717) is 17.9 Å². The van der Waals surface area contributed by atoms with Crippen molar-refractivity contribution in [2.75, 3.05) is 36.3 Å². The van der Waals surface area contributed by atoms with Crippen LogP contribution in [0.15, 0.2) is 47.4 Å². The minimum Gasteiger partial charge on any atom is -0.430 e. The number of methoxy groups -OCH3 is 1. The number of carbonyl (C=O) groups excluding carboxylic acids is 1. The first-order chi connectivity index (χ1) is 16.2. The number of piperidine rings is 1. The summed E-state index contributed by atoms with van der Waals surface area (Å²) in [4.78, 5) is 16.8. The lowest BCUT2D eigenvalue weighted by Crippen LogP contribution is -2.55. The molecule has 2 aliphatic rings. The summed E-state index contributed by atoms with van der Waals surface area (Å²) in [6, 6.07) is 11.9. The number of carbonyl (C=O) groups is 1. The number of nitrogens with zero attached hydrogens (tertiary/aromatic N) is 2. The minimum atomic E-state index is -3.30. The maximum atomic E-state index is 13.2. The zero-order chi connectivity index (χ0) is 24.5. The van der Waals surface area contributed by atoms with E-state index < -0.39 is 22.3 Å². The van der Waals surface area contributed by atoms with Gasteiger partial charge in [-0.05, 0) is 68.1 Å². The van der Waals surface area contributed by atoms with Crippen LogP contribution in [0.3, 0.4) is 0 Å². The van der Waals surface area contributed by atoms with Crippen LogP contribution in [0.5, 0.6) is 0 Å². The maximum absolute atomic E-state index is 13.2. The highest BCUT2D eigenvalue weighted by Crippen LogP contribution is 2.40. The topological polar surface area (TPSA) is 108 Å². The molecule has 0 spiro atoms. The average molecular weight is 490 g/mol. The van der Waals surface area contributed by atoms with Crippen LogP contribution in [0.4, 0.5) is 16.2 Å². The Morgan fingerprint density at radius 1 is 1.12 bits per heavy atom. The Kier molecular flexibility index (Phi) is 7.13. The third-order valence-corrected chi connectivity index (χ3v) is 7.39. The van der Waals surface area contributed by atoms with Gasteiger partial charge in [-0.15, -0.1) is 0 Å². The molecule has 2 aromatic rings. The molecular weight excluding hydrogens is 458 g/mol. The summed E-state index contributed by atoms with van der Waals surface area (Å²) in [6.45, 7) is 3.02. The molecule has 9 nitrogen and oxygen atoms in total. The van der Waals surface area contributed by atoms with Gasteiger partial charge in [0.1, 0.15) is 0 Å². The maximum Gasteiger partial charge on any atom is 0.416 e. The average Bonchev–Trinajstić information content (AvgIpc) is 2.83. The zero-order valence-electron chi connectivity index (χ0n) is 19.6. The number of hydrogen-bond acceptors (Lipinski definition) is 8. The van der Waals surface area contributed by atoms with Crippen LogP contribution in [-0.2, 0) is 19.3 Å². The van der Waals surface area contributed by atoms with Crippen molar-refractivity contribution in [1.29, 1.82) is 0 Å². The quantitative estimate of drug-likeness (QED) is 0.618. The summed E-state index contributed by atoms with van der Waals surface area (Å²) >= 11 is 0. The fraction of sp³-hybridized carbons (Fsp3) is 0.458. The van der Waals surface area contributed by atoms with E-state index in [9.17, 15) is 18.3 Å². The SMILES string of the molecule is COC(O)N1c2ccc(-c3ccc(S(C)(=O)=O)cc3)cc2N(C(=O)OC2CCCCN2)C[C@@H]1C. The number of fused-ring (bicyclic) bond motifs is 1. The Morgan fingerprint density at radius 3 is 2.44 bits per heavy atom. The largest absolute Gasteiger partial charge is 0.430 e. The molecule has 1 fully saturated rings. The van der Waals surface area contributed by atoms with E-state index >= 15 is 0 Å². The van der Waals surface area contributed by atoms with E-state index in [4.69, 9.17) is 9.47 Å². The smallest absolute Gasteiger partial charge is 0.416 e. The molecule has 10 heteroatoms. The molecule has 4 rings (SSSR count). The minimum absolute atomic E-state index is 0.228. The fourth-order valence-electron chi connectivity index (χ4n) is 4.45. The van der Waals surface area contributed by atoms with Crippen LogP contribution in [0, 0.1) is 0 Å². The van der Waals surface area contributed by atoms with Crippen LogP contribution in [0.25, 0.3) is 11.1 Å². The number of nitrogens with one attached hydrogen (secondary N) is 1. The Balaban J connectivity index is 1.71. The van der Waals surface area contributed by atoms with Gasteiger partial charge in [-0.2, -0.15) is 0 Å². The van der Waals surface area contributed by atoms with Gasteiger partial charge in [0.2, 0.25) is 6.41 Å². The summed E-state index contributed by atoms with van der Waals surface area (Å²) in [7, 11) is -1.88. The third-order valence-electron chi connectivity index (χ3n) is 6.26. The van der Waals surface area contributed by atoms with Gasteiger partial charge >= 0.3 is 6.09 Å². The van der Waals surface area contributed by atoms with Gasteiger partial charge in [-0.3, -0.25) is 10.2 Å². The lowest BCUT2D eigenvalue weighted by molar-refractivity contribution is -0.0786. The molecule has 2 aliphatic heterocycles. The van der Waals surface area contributed by atoms with E-state index in [1.54, 1.807) is 34.1 Å². The molecular formula is C24H31N3O6S. The van der Waals surface area contributed by atoms with Gasteiger partial charge < -0.3 is 19.5 Å². The Hall–Kier alpha value is -2.66. The van der Waals surface area contributed by atoms with Crippen LogP contribution < -0.4 is 15.1 Å². The van der Waals surface area contributed by atoms with Gasteiger partial charge in [0.15, 0.2) is 16.1 Å². The molecule has 0 aliphatic carbocycles. The van der Waals surface area contributed by atoms with Crippen LogP contribution in [0.1, 0.15) is 26.2 Å². The first-order valence-electron chi connectivity index (χ1n) is 11.3. The number of ether oxygens (including phenoxy) is 2. The second-order valence-corrected chi connectivity index (χ2v) is 10.8. The van der Waals surface area contributed by atoms with Crippen molar-refractivity contribution in [3.05, 3.63) is 42.5 Å². The summed E-state index contributed by atoms with van der Waals surface area (Å²) in [5, 5.41) is 13.7. The van der Waals surface area contributed by atoms with Crippen molar-refractivity contribution in [3.8, 4) is 11.1 Å². The Labute approximate surface area is 200 Å². The molecule has 2 N–H and O–H groups in total. The second kappa shape index (κ2) is 9.91. The first kappa shape index (κ1) is 24.5. The predicted octanol–water partition coefficient (Wildman–Crippen LogP) is 2.93. The molecule has 184 valence electrons. The molecule has 34 heavy (non-hydrogen) atoms. The number of rotatable bonds is 5. The number of aliphatic hydroxyl groups is 1. The summed E-state index contributed by atoms with van der Waals surface area (Å²) in [5.74, 6) is 0. The fourth-order valence-corrected chi connectivity index (χ4v) is 5.08. The third kappa shape index (κ3) is 5.05. The standard InChI is InChI=1S/C24H31N3O6S/c1-16-15-26(23(28)33-22-6-4-5-13-25-22)21-14-18(9-12-20(21)27(16)24(29)32-2)17-7-10-19(11-8-17)34(3,30)31/h7-12,14,16,22,24-25,29H,4-6,13,15H2,1-3H3/t16-,22?,24?/m0/s1. The number of anilines is 2. The number of amides is 1. The van der Waals surface area contributed by atoms with E-state index in [-0.39, 0.29) is 17.2 Å². The molecule has 2 aromatic carbocycles. The van der Waals surface area contributed by atoms with Gasteiger partial charge in [-0.25, -0.2) is 13.2 Å². The van der Waals surface area contributed by atoms with Gasteiger partial charge in [0.05, 0.1) is 16.3 Å². The van der Waals surface area contributed by atoms with Crippen molar-refractivity contribution >= 4 is 27.3 Å². The van der Waals surface area contributed by atoms with Gasteiger partial charge in [0, 0.05) is 26.0 Å². The van der Waals surface area contributed by atoms with Crippen LogP contribution in [0.2, 0.25) is 0 Å². The van der Waals surface area contributed by atoms with E-state index in [0.717, 1.165) is 36.9 Å². The number of benzene rings is 2. The predicted molar refractivity (Wildman–Crippen MR) is 129 cm³/mol. The van der Waals surface area contributed by atoms with Crippen molar-refractivity contribution in [3.63, 3.8) is 0 Å². The molecule has 0 saturated carbocycles. The van der Waals surface area contributed by atoms with Crippen molar-refractivity contribution in [2.24, 2.45) is 0 Å². The number of aliphatic hydroxyl groups excluding tert-OH is 1. The lowest BCUT2D eigenvalue weighted by atomic mass is 10.0. The first-order valence-corrected chi connectivity index (χ1v) is 13.2. The molecule has 1 saturated heterocycles. The Morgan fingerprint density at radius 2 is 1.82 bits per heavy atom. The number of sulfone groups is 1. The normalized spacial score (nSPS) is 21.6. The van der Waals surface area contributed by atoms with Crippen molar-refractivity contribution < 1.29 is 27.8 Å². The molecule has 0 radical (unpaired) electrons. The van der Waals surface area contributed by atoms with E-state index in [2.05, 4.69) is 5.32 Å². The molecule has 2 unspecified atom stereocenters. The highest BCUT2D eigenvalue weighted by molar-refractivity contribution is 7.90. The van der Waals surface area contributed by atoms with E-state index in [1.165, 1.54) is 13.4 Å². The molecule has 0 bridgehead atoms. The lowest BCUT2D eigenvalue weighted by Gasteiger charge is -2.43. The van der Waals surface area contributed by atoms with Gasteiger partial charge in [-0.1, -0.05) is 18.2 Å². The summed E-state index contributed by atoms with van der Waals surface area (Å²) < 4.78 is 34.5. The van der Waals surface area contributed by atoms with Gasteiger partial charge in [0.25, 0.3) is 0 Å². The van der Waals surface area contributed by atoms with E-state index in [1.807, 2.05) is 25.1 Å². The summed E-state index contributed by atoms with van der Waals surface area (Å²) in [6.07, 6.45) is 2.04. The monoisotopic (exact) mass is 489 g/mol. The Bertz CT molecular complexity index is 1130. The second-order valence-electron chi connectivity index (χ2n) is 8.75. The highest BCUT2D eigenvalue weighted by Gasteiger charge is 2.36. The van der Waals surface area contributed by atoms with Crippen LogP contribution >= 0.6 is 0 Å². The van der Waals surface area contributed by atoms with Crippen molar-refractivity contribution in [2.45, 2.75) is 49.8 Å². The molecule has 0 aromatic heterocycles. The van der Waals surface area contributed by atoms with Crippen LogP contribution in [-0.4, -0.2) is 64.8 Å². The van der Waals surface area contributed by atoms with Crippen molar-refractivity contribution in [1.82, 2.24) is 5.32 Å². The molecule has 2 heterocycles. The molecule has 1 amide bonds. The number of hydrogen-bond donors (Lipinski definition) is 2. The molecule has 3 atom stereocenters. The summed E-state index contributed by atoms with van der Waals surface area (Å²) in [5.41, 5.74) is 2.82. The zero-order valence-corrected chi connectivity index (χ0v) is 20.4.